The zero-order chi connectivity index (χ0) is 17.6. The Bertz CT molecular complexity index is 760. The molecule has 0 aromatic heterocycles. The van der Waals surface area contributed by atoms with Crippen molar-refractivity contribution in [1.29, 1.82) is 0 Å². The molecule has 0 unspecified atom stereocenters. The van der Waals surface area contributed by atoms with Gasteiger partial charge < -0.3 is 14.4 Å². The third-order valence-electron chi connectivity index (χ3n) is 3.90. The number of ether oxygens (including phenoxy) is 2. The van der Waals surface area contributed by atoms with Crippen molar-refractivity contribution in [3.63, 3.8) is 0 Å². The Labute approximate surface area is 145 Å². The Morgan fingerprint density at radius 1 is 1.08 bits per heavy atom. The van der Waals surface area contributed by atoms with Crippen LogP contribution in [0.5, 0.6) is 5.75 Å². The average Bonchev–Trinajstić information content (AvgIpc) is 3.06. The molecule has 1 amide bonds. The fraction of sp³-hybridized carbons (Fsp3) is 0.263. The van der Waals surface area contributed by atoms with Gasteiger partial charge in [-0.3, -0.25) is 4.79 Å². The molecule has 0 N–H and O–H groups in total. The highest BCUT2D eigenvalue weighted by atomic mass is 19.1. The van der Waals surface area contributed by atoms with Gasteiger partial charge >= 0.3 is 5.97 Å². The molecular weight excluding hydrogens is 325 g/mol. The predicted octanol–water partition coefficient (Wildman–Crippen LogP) is 3.19. The summed E-state index contributed by atoms with van der Waals surface area (Å²) in [6.07, 6.45) is 1.41. The third-order valence-corrected chi connectivity index (χ3v) is 3.90. The Hall–Kier alpha value is -2.89. The van der Waals surface area contributed by atoms with Gasteiger partial charge in [-0.15, -0.1) is 0 Å². The normalized spacial score (nSPS) is 13.8. The molecule has 0 aliphatic carbocycles. The van der Waals surface area contributed by atoms with E-state index in [-0.39, 0.29) is 24.9 Å². The molecule has 0 saturated carbocycles. The number of carbonyl (C=O) groups is 2. The Kier molecular flexibility index (Phi) is 5.28. The van der Waals surface area contributed by atoms with Gasteiger partial charge in [0.1, 0.15) is 13.2 Å². The zero-order valence-electron chi connectivity index (χ0n) is 13.6. The predicted molar refractivity (Wildman–Crippen MR) is 90.2 cm³/mol. The maximum atomic E-state index is 13.4. The molecule has 0 bridgehead atoms. The van der Waals surface area contributed by atoms with Crippen molar-refractivity contribution in [3.05, 3.63) is 59.9 Å². The van der Waals surface area contributed by atoms with Gasteiger partial charge in [0.25, 0.3) is 0 Å². The first-order chi connectivity index (χ1) is 12.1. The lowest BCUT2D eigenvalue weighted by molar-refractivity contribution is -0.117. The maximum Gasteiger partial charge on any atom is 0.338 e. The Morgan fingerprint density at radius 2 is 1.84 bits per heavy atom. The molecule has 130 valence electrons. The standard InChI is InChI=1S/C19H18FNO4/c20-16-4-1-2-5-17(16)24-12-13-25-19(23)14-7-9-15(10-8-14)21-11-3-6-18(21)22/h1-2,4-5,7-10H,3,6,11-13H2. The van der Waals surface area contributed by atoms with Crippen LogP contribution in [0.25, 0.3) is 0 Å². The van der Waals surface area contributed by atoms with E-state index in [1.165, 1.54) is 12.1 Å². The van der Waals surface area contributed by atoms with Gasteiger partial charge in [-0.2, -0.15) is 0 Å². The number of anilines is 1. The highest BCUT2D eigenvalue weighted by molar-refractivity contribution is 5.96. The van der Waals surface area contributed by atoms with Crippen LogP contribution in [0, 0.1) is 5.82 Å². The van der Waals surface area contributed by atoms with Crippen molar-refractivity contribution in [2.75, 3.05) is 24.7 Å². The van der Waals surface area contributed by atoms with Gasteiger partial charge in [0.05, 0.1) is 5.56 Å². The van der Waals surface area contributed by atoms with Gasteiger partial charge in [-0.1, -0.05) is 12.1 Å². The van der Waals surface area contributed by atoms with Crippen LogP contribution in [0.1, 0.15) is 23.2 Å². The summed E-state index contributed by atoms with van der Waals surface area (Å²) in [7, 11) is 0. The molecule has 6 heteroatoms. The number of carbonyl (C=O) groups excluding carboxylic acids is 2. The maximum absolute atomic E-state index is 13.4. The minimum atomic E-state index is -0.489. The molecule has 3 rings (SSSR count). The molecule has 1 fully saturated rings. The van der Waals surface area contributed by atoms with Gasteiger partial charge in [0.2, 0.25) is 5.91 Å². The summed E-state index contributed by atoms with van der Waals surface area (Å²) in [4.78, 5) is 25.4. The van der Waals surface area contributed by atoms with E-state index in [1.807, 2.05) is 0 Å². The molecule has 1 saturated heterocycles. The van der Waals surface area contributed by atoms with E-state index in [4.69, 9.17) is 9.47 Å². The van der Waals surface area contributed by atoms with Crippen molar-refractivity contribution < 1.29 is 23.5 Å². The fourth-order valence-corrected chi connectivity index (χ4v) is 2.63. The molecule has 0 spiro atoms. The van der Waals surface area contributed by atoms with Crippen molar-refractivity contribution in [3.8, 4) is 5.75 Å². The topological polar surface area (TPSA) is 55.8 Å². The van der Waals surface area contributed by atoms with Crippen molar-refractivity contribution in [2.24, 2.45) is 0 Å². The third kappa shape index (κ3) is 4.15. The van der Waals surface area contributed by atoms with Gasteiger partial charge in [-0.25, -0.2) is 9.18 Å². The quantitative estimate of drug-likeness (QED) is 0.597. The van der Waals surface area contributed by atoms with Crippen LogP contribution in [0.3, 0.4) is 0 Å². The van der Waals surface area contributed by atoms with E-state index < -0.39 is 11.8 Å². The van der Waals surface area contributed by atoms with E-state index in [9.17, 15) is 14.0 Å². The van der Waals surface area contributed by atoms with Crippen molar-refractivity contribution in [2.45, 2.75) is 12.8 Å². The van der Waals surface area contributed by atoms with E-state index in [0.717, 1.165) is 12.1 Å². The molecule has 25 heavy (non-hydrogen) atoms. The molecular formula is C19H18FNO4. The van der Waals surface area contributed by atoms with Crippen molar-refractivity contribution >= 4 is 17.6 Å². The number of hydrogen-bond donors (Lipinski definition) is 0. The summed E-state index contributed by atoms with van der Waals surface area (Å²) in [6, 6.07) is 12.8. The number of nitrogens with zero attached hydrogens (tertiary/aromatic N) is 1. The average molecular weight is 343 g/mol. The molecule has 2 aromatic carbocycles. The zero-order valence-corrected chi connectivity index (χ0v) is 13.6. The summed E-state index contributed by atoms with van der Waals surface area (Å²) in [5, 5.41) is 0. The van der Waals surface area contributed by atoms with Crippen LogP contribution in [-0.4, -0.2) is 31.6 Å². The van der Waals surface area contributed by atoms with Crippen LogP contribution in [-0.2, 0) is 9.53 Å². The SMILES string of the molecule is O=C(OCCOc1ccccc1F)c1ccc(N2CCCC2=O)cc1. The first kappa shape index (κ1) is 17.0. The lowest BCUT2D eigenvalue weighted by Gasteiger charge is -2.15. The Morgan fingerprint density at radius 3 is 2.52 bits per heavy atom. The van der Waals surface area contributed by atoms with Crippen molar-refractivity contribution in [1.82, 2.24) is 0 Å². The molecule has 2 aromatic rings. The van der Waals surface area contributed by atoms with Crippen LogP contribution >= 0.6 is 0 Å². The van der Waals surface area contributed by atoms with E-state index in [1.54, 1.807) is 41.3 Å². The number of para-hydroxylation sites is 1. The number of amides is 1. The van der Waals surface area contributed by atoms with Gasteiger partial charge in [0, 0.05) is 18.7 Å². The Balaban J connectivity index is 1.48. The lowest BCUT2D eigenvalue weighted by Crippen LogP contribution is -2.23. The molecule has 0 atom stereocenters. The largest absolute Gasteiger partial charge is 0.487 e. The second kappa shape index (κ2) is 7.79. The summed E-state index contributed by atoms with van der Waals surface area (Å²) < 4.78 is 23.7. The van der Waals surface area contributed by atoms with E-state index in [2.05, 4.69) is 0 Å². The van der Waals surface area contributed by atoms with Crippen LogP contribution < -0.4 is 9.64 Å². The summed E-state index contributed by atoms with van der Waals surface area (Å²) >= 11 is 0. The number of hydrogen-bond acceptors (Lipinski definition) is 4. The number of rotatable bonds is 6. The highest BCUT2D eigenvalue weighted by Gasteiger charge is 2.21. The highest BCUT2D eigenvalue weighted by Crippen LogP contribution is 2.21. The summed E-state index contributed by atoms with van der Waals surface area (Å²) in [5.74, 6) is -0.726. The second-order valence-corrected chi connectivity index (χ2v) is 5.61. The van der Waals surface area contributed by atoms with Crippen LogP contribution in [0.4, 0.5) is 10.1 Å². The van der Waals surface area contributed by atoms with Gasteiger partial charge in [0.15, 0.2) is 11.6 Å². The van der Waals surface area contributed by atoms with Crippen LogP contribution in [0.2, 0.25) is 0 Å². The summed E-state index contributed by atoms with van der Waals surface area (Å²) in [5.41, 5.74) is 1.17. The molecule has 1 aliphatic heterocycles. The fourth-order valence-electron chi connectivity index (χ4n) is 2.63. The monoisotopic (exact) mass is 343 g/mol. The minimum absolute atomic E-state index is 0.0134. The smallest absolute Gasteiger partial charge is 0.338 e. The minimum Gasteiger partial charge on any atom is -0.487 e. The summed E-state index contributed by atoms with van der Waals surface area (Å²) in [6.45, 7) is 0.780. The first-order valence-corrected chi connectivity index (χ1v) is 8.10. The molecule has 0 radical (unpaired) electrons. The number of esters is 1. The van der Waals surface area contributed by atoms with E-state index in [0.29, 0.717) is 18.5 Å². The molecule has 5 nitrogen and oxygen atoms in total. The number of halogens is 1. The number of benzene rings is 2. The van der Waals surface area contributed by atoms with Gasteiger partial charge in [-0.05, 0) is 42.8 Å². The first-order valence-electron chi connectivity index (χ1n) is 8.10. The molecule has 1 aliphatic rings. The van der Waals surface area contributed by atoms with Crippen LogP contribution in [0.15, 0.2) is 48.5 Å². The van der Waals surface area contributed by atoms with E-state index >= 15 is 0 Å². The second-order valence-electron chi connectivity index (χ2n) is 5.61. The molecule has 1 heterocycles. The lowest BCUT2D eigenvalue weighted by atomic mass is 10.2.